The van der Waals surface area contributed by atoms with Crippen LogP contribution in [0.4, 0.5) is 17.6 Å². The maximum absolute atomic E-state index is 13.0. The van der Waals surface area contributed by atoms with E-state index in [1.54, 1.807) is 0 Å². The lowest BCUT2D eigenvalue weighted by Gasteiger charge is -2.16. The van der Waals surface area contributed by atoms with Gasteiger partial charge in [0.2, 0.25) is 0 Å². The maximum Gasteiger partial charge on any atom is 0.419 e. The summed E-state index contributed by atoms with van der Waals surface area (Å²) >= 11 is 0. The van der Waals surface area contributed by atoms with E-state index in [1.165, 1.54) is 6.07 Å². The minimum Gasteiger partial charge on any atom is -0.321 e. The van der Waals surface area contributed by atoms with Crippen molar-refractivity contribution in [1.82, 2.24) is 0 Å². The Balaban J connectivity index is 3.39. The molecule has 1 aromatic carbocycles. The first-order valence-electron chi connectivity index (χ1n) is 4.11. The van der Waals surface area contributed by atoms with Crippen LogP contribution in [0.5, 0.6) is 0 Å². The standard InChI is InChI=1S/C10H9F4N/c1-2-8(15)6-4-3-5-7(11)9(6)10(12,13)14/h2-5,8H,1,15H2/t8-/m1/s1. The molecule has 0 fully saturated rings. The van der Waals surface area contributed by atoms with Crippen LogP contribution in [0.3, 0.4) is 0 Å². The highest BCUT2D eigenvalue weighted by atomic mass is 19.4. The summed E-state index contributed by atoms with van der Waals surface area (Å²) in [4.78, 5) is 0. The summed E-state index contributed by atoms with van der Waals surface area (Å²) in [7, 11) is 0. The molecule has 1 atom stereocenters. The zero-order valence-corrected chi connectivity index (χ0v) is 7.68. The van der Waals surface area contributed by atoms with Gasteiger partial charge in [-0.1, -0.05) is 18.2 Å². The van der Waals surface area contributed by atoms with Crippen LogP contribution in [0.2, 0.25) is 0 Å². The summed E-state index contributed by atoms with van der Waals surface area (Å²) < 4.78 is 50.5. The van der Waals surface area contributed by atoms with E-state index in [4.69, 9.17) is 5.73 Å². The van der Waals surface area contributed by atoms with Gasteiger partial charge in [-0.2, -0.15) is 13.2 Å². The summed E-state index contributed by atoms with van der Waals surface area (Å²) in [5.41, 5.74) is 3.75. The summed E-state index contributed by atoms with van der Waals surface area (Å²) in [6, 6.07) is 2.04. The van der Waals surface area contributed by atoms with Gasteiger partial charge in [-0.15, -0.1) is 6.58 Å². The van der Waals surface area contributed by atoms with Crippen LogP contribution >= 0.6 is 0 Å². The first-order chi connectivity index (χ1) is 6.88. The van der Waals surface area contributed by atoms with Crippen LogP contribution in [0.25, 0.3) is 0 Å². The highest BCUT2D eigenvalue weighted by Gasteiger charge is 2.37. The molecule has 1 aromatic rings. The van der Waals surface area contributed by atoms with Crippen molar-refractivity contribution >= 4 is 0 Å². The molecular weight excluding hydrogens is 210 g/mol. The Labute approximate surface area is 84.2 Å². The van der Waals surface area contributed by atoms with Crippen molar-refractivity contribution in [2.45, 2.75) is 12.2 Å². The summed E-state index contributed by atoms with van der Waals surface area (Å²) in [6.07, 6.45) is -3.62. The third kappa shape index (κ3) is 2.36. The van der Waals surface area contributed by atoms with E-state index in [9.17, 15) is 17.6 Å². The molecule has 0 aromatic heterocycles. The number of alkyl halides is 3. The lowest BCUT2D eigenvalue weighted by molar-refractivity contribution is -0.140. The second-order valence-electron chi connectivity index (χ2n) is 2.96. The molecule has 0 amide bonds. The molecule has 0 aliphatic carbocycles. The molecule has 0 saturated carbocycles. The first kappa shape index (κ1) is 11.7. The fourth-order valence-electron chi connectivity index (χ4n) is 1.24. The van der Waals surface area contributed by atoms with E-state index >= 15 is 0 Å². The molecular formula is C10H9F4N. The molecule has 1 rings (SSSR count). The van der Waals surface area contributed by atoms with Gasteiger partial charge in [0.15, 0.2) is 0 Å². The molecule has 0 spiro atoms. The summed E-state index contributed by atoms with van der Waals surface area (Å²) in [6.45, 7) is 3.28. The van der Waals surface area contributed by atoms with Crippen molar-refractivity contribution in [2.75, 3.05) is 0 Å². The number of hydrogen-bond acceptors (Lipinski definition) is 1. The van der Waals surface area contributed by atoms with Crippen LogP contribution in [-0.2, 0) is 6.18 Å². The van der Waals surface area contributed by atoms with Crippen molar-refractivity contribution in [2.24, 2.45) is 5.73 Å². The van der Waals surface area contributed by atoms with Gasteiger partial charge in [0.25, 0.3) is 0 Å². The number of hydrogen-bond donors (Lipinski definition) is 1. The van der Waals surface area contributed by atoms with Crippen LogP contribution in [0.15, 0.2) is 30.9 Å². The smallest absolute Gasteiger partial charge is 0.321 e. The molecule has 0 radical (unpaired) electrons. The Hall–Kier alpha value is -1.36. The molecule has 1 nitrogen and oxygen atoms in total. The van der Waals surface area contributed by atoms with E-state index in [0.717, 1.165) is 18.2 Å². The van der Waals surface area contributed by atoms with Gasteiger partial charge >= 0.3 is 6.18 Å². The van der Waals surface area contributed by atoms with Crippen LogP contribution in [-0.4, -0.2) is 0 Å². The van der Waals surface area contributed by atoms with E-state index in [0.29, 0.717) is 0 Å². The molecule has 15 heavy (non-hydrogen) atoms. The molecule has 0 bridgehead atoms. The zero-order chi connectivity index (χ0) is 11.6. The molecule has 5 heteroatoms. The topological polar surface area (TPSA) is 26.0 Å². The Bertz CT molecular complexity index is 370. The lowest BCUT2D eigenvalue weighted by Crippen LogP contribution is -2.17. The largest absolute Gasteiger partial charge is 0.419 e. The number of benzene rings is 1. The quantitative estimate of drug-likeness (QED) is 0.600. The van der Waals surface area contributed by atoms with Gasteiger partial charge in [0.1, 0.15) is 5.82 Å². The van der Waals surface area contributed by atoms with Gasteiger partial charge in [0, 0.05) is 6.04 Å². The van der Waals surface area contributed by atoms with E-state index < -0.39 is 23.6 Å². The SMILES string of the molecule is C=C[C@@H](N)c1cccc(F)c1C(F)(F)F. The normalized spacial score (nSPS) is 13.7. The average Bonchev–Trinajstić information content (AvgIpc) is 2.14. The third-order valence-electron chi connectivity index (χ3n) is 1.94. The number of rotatable bonds is 2. The van der Waals surface area contributed by atoms with Crippen molar-refractivity contribution in [3.63, 3.8) is 0 Å². The van der Waals surface area contributed by atoms with E-state index in [2.05, 4.69) is 6.58 Å². The number of nitrogens with two attached hydrogens (primary N) is 1. The van der Waals surface area contributed by atoms with Gasteiger partial charge in [-0.05, 0) is 11.6 Å². The van der Waals surface area contributed by atoms with E-state index in [1.807, 2.05) is 0 Å². The van der Waals surface area contributed by atoms with Crippen LogP contribution < -0.4 is 5.73 Å². The second-order valence-corrected chi connectivity index (χ2v) is 2.96. The lowest BCUT2D eigenvalue weighted by atomic mass is 10.00. The zero-order valence-electron chi connectivity index (χ0n) is 7.68. The van der Waals surface area contributed by atoms with Crippen molar-refractivity contribution in [3.8, 4) is 0 Å². The van der Waals surface area contributed by atoms with Gasteiger partial charge < -0.3 is 5.73 Å². The first-order valence-corrected chi connectivity index (χ1v) is 4.11. The van der Waals surface area contributed by atoms with Crippen molar-refractivity contribution in [3.05, 3.63) is 47.8 Å². The third-order valence-corrected chi connectivity index (χ3v) is 1.94. The molecule has 0 aliphatic heterocycles. The molecule has 2 N–H and O–H groups in total. The van der Waals surface area contributed by atoms with Gasteiger partial charge in [0.05, 0.1) is 5.56 Å². The monoisotopic (exact) mass is 219 g/mol. The minimum atomic E-state index is -4.75. The number of halogens is 4. The van der Waals surface area contributed by atoms with Gasteiger partial charge in [-0.3, -0.25) is 0 Å². The fraction of sp³-hybridized carbons (Fsp3) is 0.200. The fourth-order valence-corrected chi connectivity index (χ4v) is 1.24. The Morgan fingerprint density at radius 1 is 1.33 bits per heavy atom. The summed E-state index contributed by atoms with van der Waals surface area (Å²) in [5, 5.41) is 0. The van der Waals surface area contributed by atoms with Crippen molar-refractivity contribution < 1.29 is 17.6 Å². The van der Waals surface area contributed by atoms with E-state index in [-0.39, 0.29) is 5.56 Å². The predicted octanol–water partition coefficient (Wildman–Crippen LogP) is 3.03. The highest BCUT2D eigenvalue weighted by molar-refractivity contribution is 5.35. The molecule has 0 aliphatic rings. The molecule has 82 valence electrons. The summed E-state index contributed by atoms with van der Waals surface area (Å²) in [5.74, 6) is -1.32. The highest BCUT2D eigenvalue weighted by Crippen LogP contribution is 2.36. The van der Waals surface area contributed by atoms with Gasteiger partial charge in [-0.25, -0.2) is 4.39 Å². The van der Waals surface area contributed by atoms with Crippen molar-refractivity contribution in [1.29, 1.82) is 0 Å². The van der Waals surface area contributed by atoms with Crippen LogP contribution in [0.1, 0.15) is 17.2 Å². The Morgan fingerprint density at radius 2 is 1.93 bits per heavy atom. The second kappa shape index (κ2) is 4.02. The average molecular weight is 219 g/mol. The maximum atomic E-state index is 13.0. The van der Waals surface area contributed by atoms with Crippen LogP contribution in [0, 0.1) is 5.82 Å². The Kier molecular flexibility index (Phi) is 3.14. The molecule has 0 heterocycles. The molecule has 0 unspecified atom stereocenters. The predicted molar refractivity (Wildman–Crippen MR) is 48.5 cm³/mol. The minimum absolute atomic E-state index is 0.308. The molecule has 0 saturated heterocycles. The Morgan fingerprint density at radius 3 is 2.40 bits per heavy atom.